The summed E-state index contributed by atoms with van der Waals surface area (Å²) >= 11 is 0. The third-order valence-corrected chi connectivity index (χ3v) is 6.37. The van der Waals surface area contributed by atoms with Crippen LogP contribution in [0, 0.1) is 16.7 Å². The normalized spacial score (nSPS) is 22.4. The maximum atomic E-state index is 11.9. The van der Waals surface area contributed by atoms with Crippen molar-refractivity contribution in [3.05, 3.63) is 0 Å². The van der Waals surface area contributed by atoms with Crippen LogP contribution in [0.25, 0.3) is 0 Å². The second-order valence-electron chi connectivity index (χ2n) is 6.25. The van der Waals surface area contributed by atoms with Gasteiger partial charge in [0, 0.05) is 26.7 Å². The average molecular weight is 278 g/mol. The molecular formula is C12H26N2O3S. The van der Waals surface area contributed by atoms with Crippen LogP contribution in [-0.4, -0.2) is 44.6 Å². The molecule has 108 valence electrons. The first-order valence-corrected chi connectivity index (χ1v) is 7.83. The summed E-state index contributed by atoms with van der Waals surface area (Å²) in [5, 5.41) is 8.70. The molecule has 1 fully saturated rings. The Kier molecular flexibility index (Phi) is 4.48. The van der Waals surface area contributed by atoms with Gasteiger partial charge >= 0.3 is 0 Å². The van der Waals surface area contributed by atoms with E-state index in [0.29, 0.717) is 25.4 Å². The fourth-order valence-electron chi connectivity index (χ4n) is 2.56. The molecule has 0 amide bonds. The molecule has 0 radical (unpaired) electrons. The summed E-state index contributed by atoms with van der Waals surface area (Å²) in [6, 6.07) is 0. The summed E-state index contributed by atoms with van der Waals surface area (Å²) in [5.41, 5.74) is 0.360. The fraction of sp³-hybridized carbons (Fsp3) is 1.00. The van der Waals surface area contributed by atoms with Gasteiger partial charge in [0.1, 0.15) is 0 Å². The Balaban J connectivity index is 2.49. The van der Waals surface area contributed by atoms with E-state index in [9.17, 15) is 8.42 Å². The van der Waals surface area contributed by atoms with Crippen LogP contribution in [-0.2, 0) is 10.2 Å². The molecule has 1 saturated carbocycles. The lowest BCUT2D eigenvalue weighted by Gasteiger charge is -2.17. The molecule has 0 spiro atoms. The van der Waals surface area contributed by atoms with E-state index in [2.05, 4.69) is 32.4 Å². The molecule has 1 aliphatic rings. The van der Waals surface area contributed by atoms with E-state index in [1.54, 1.807) is 0 Å². The molecular weight excluding hydrogens is 252 g/mol. The summed E-state index contributed by atoms with van der Waals surface area (Å²) in [6.07, 6.45) is 0.456. The first-order chi connectivity index (χ1) is 8.07. The van der Waals surface area contributed by atoms with Gasteiger partial charge < -0.3 is 5.11 Å². The average Bonchev–Trinajstić information content (AvgIpc) is 2.63. The van der Waals surface area contributed by atoms with Gasteiger partial charge in [0.05, 0.1) is 0 Å². The molecule has 0 atom stereocenters. The van der Waals surface area contributed by atoms with E-state index in [4.69, 9.17) is 5.11 Å². The Morgan fingerprint density at radius 1 is 1.22 bits per heavy atom. The van der Waals surface area contributed by atoms with E-state index < -0.39 is 10.2 Å². The molecule has 1 rings (SSSR count). The molecule has 0 aromatic carbocycles. The van der Waals surface area contributed by atoms with Crippen LogP contribution in [0.15, 0.2) is 0 Å². The third-order valence-electron chi connectivity index (χ3n) is 4.83. The van der Waals surface area contributed by atoms with Gasteiger partial charge in [0.15, 0.2) is 0 Å². The van der Waals surface area contributed by atoms with Crippen LogP contribution in [0.5, 0.6) is 0 Å². The molecule has 1 aliphatic carbocycles. The summed E-state index contributed by atoms with van der Waals surface area (Å²) in [6.45, 7) is 9.49. The van der Waals surface area contributed by atoms with Gasteiger partial charge in [0.2, 0.25) is 0 Å². The zero-order valence-electron chi connectivity index (χ0n) is 12.0. The van der Waals surface area contributed by atoms with Gasteiger partial charge in [-0.15, -0.1) is 0 Å². The molecule has 0 aliphatic heterocycles. The highest BCUT2D eigenvalue weighted by atomic mass is 32.2. The van der Waals surface area contributed by atoms with Crippen LogP contribution in [0.4, 0.5) is 0 Å². The van der Waals surface area contributed by atoms with Gasteiger partial charge in [-0.3, -0.25) is 0 Å². The van der Waals surface area contributed by atoms with Crippen molar-refractivity contribution in [2.45, 2.75) is 34.1 Å². The summed E-state index contributed by atoms with van der Waals surface area (Å²) < 4.78 is 27.8. The van der Waals surface area contributed by atoms with E-state index in [0.717, 1.165) is 0 Å². The Morgan fingerprint density at radius 3 is 2.11 bits per heavy atom. The van der Waals surface area contributed by atoms with E-state index >= 15 is 0 Å². The number of aliphatic hydroxyl groups excluding tert-OH is 1. The Hall–Kier alpha value is -0.170. The van der Waals surface area contributed by atoms with Crippen molar-refractivity contribution in [3.8, 4) is 0 Å². The van der Waals surface area contributed by atoms with Crippen molar-refractivity contribution < 1.29 is 13.5 Å². The van der Waals surface area contributed by atoms with Crippen molar-refractivity contribution in [1.29, 1.82) is 0 Å². The number of hydrogen-bond acceptors (Lipinski definition) is 3. The lowest BCUT2D eigenvalue weighted by molar-refractivity contribution is 0.275. The standard InChI is InChI=1S/C12H26N2O3S/c1-11(2)10(12(11,3)4)9-13-18(16,17)14(5)7-6-8-15/h10,13,15H,6-9H2,1-5H3. The molecule has 18 heavy (non-hydrogen) atoms. The van der Waals surface area contributed by atoms with E-state index in [1.165, 1.54) is 11.4 Å². The third kappa shape index (κ3) is 2.87. The summed E-state index contributed by atoms with van der Waals surface area (Å²) in [4.78, 5) is 0. The first kappa shape index (κ1) is 15.9. The largest absolute Gasteiger partial charge is 0.396 e. The second-order valence-corrected chi connectivity index (χ2v) is 8.11. The molecule has 5 nitrogen and oxygen atoms in total. The summed E-state index contributed by atoms with van der Waals surface area (Å²) in [7, 11) is -1.89. The maximum Gasteiger partial charge on any atom is 0.279 e. The molecule has 0 unspecified atom stereocenters. The van der Waals surface area contributed by atoms with Crippen molar-refractivity contribution in [3.63, 3.8) is 0 Å². The van der Waals surface area contributed by atoms with Crippen molar-refractivity contribution in [1.82, 2.24) is 9.03 Å². The predicted octanol–water partition coefficient (Wildman–Crippen LogP) is 0.817. The predicted molar refractivity (Wildman–Crippen MR) is 72.3 cm³/mol. The Morgan fingerprint density at radius 2 is 1.72 bits per heavy atom. The molecule has 2 N–H and O–H groups in total. The minimum atomic E-state index is -3.42. The maximum absolute atomic E-state index is 11.9. The smallest absolute Gasteiger partial charge is 0.279 e. The zero-order valence-corrected chi connectivity index (χ0v) is 12.8. The van der Waals surface area contributed by atoms with Crippen LogP contribution < -0.4 is 4.72 Å². The summed E-state index contributed by atoms with van der Waals surface area (Å²) in [5.74, 6) is 0.367. The van der Waals surface area contributed by atoms with Gasteiger partial charge in [-0.2, -0.15) is 12.7 Å². The zero-order chi connectivity index (χ0) is 14.2. The number of hydrogen-bond donors (Lipinski definition) is 2. The minimum Gasteiger partial charge on any atom is -0.396 e. The van der Waals surface area contributed by atoms with Crippen molar-refractivity contribution in [2.75, 3.05) is 26.7 Å². The second kappa shape index (κ2) is 5.07. The molecule has 0 aromatic rings. The van der Waals surface area contributed by atoms with Crippen LogP contribution >= 0.6 is 0 Å². The number of rotatable bonds is 7. The lowest BCUT2D eigenvalue weighted by atomic mass is 10.0. The highest BCUT2D eigenvalue weighted by Gasteiger charge is 2.64. The number of nitrogens with zero attached hydrogens (tertiary/aromatic N) is 1. The van der Waals surface area contributed by atoms with Crippen molar-refractivity contribution in [2.24, 2.45) is 16.7 Å². The van der Waals surface area contributed by atoms with E-state index in [-0.39, 0.29) is 17.4 Å². The minimum absolute atomic E-state index is 0.00253. The van der Waals surface area contributed by atoms with Crippen molar-refractivity contribution >= 4 is 10.2 Å². The van der Waals surface area contributed by atoms with Gasteiger partial charge in [-0.25, -0.2) is 4.72 Å². The van der Waals surface area contributed by atoms with Crippen LogP contribution in [0.1, 0.15) is 34.1 Å². The highest BCUT2D eigenvalue weighted by molar-refractivity contribution is 7.87. The van der Waals surface area contributed by atoms with E-state index in [1.807, 2.05) is 0 Å². The molecule has 0 saturated heterocycles. The van der Waals surface area contributed by atoms with Gasteiger partial charge in [-0.1, -0.05) is 27.7 Å². The lowest BCUT2D eigenvalue weighted by Crippen LogP contribution is -2.40. The van der Waals surface area contributed by atoms with Gasteiger partial charge in [0.25, 0.3) is 10.2 Å². The molecule has 0 heterocycles. The molecule has 0 aromatic heterocycles. The number of nitrogens with one attached hydrogen (secondary N) is 1. The van der Waals surface area contributed by atoms with Gasteiger partial charge in [-0.05, 0) is 23.2 Å². The fourth-order valence-corrected chi connectivity index (χ4v) is 3.52. The monoisotopic (exact) mass is 278 g/mol. The number of aliphatic hydroxyl groups is 1. The Labute approximate surface area is 111 Å². The topological polar surface area (TPSA) is 69.6 Å². The SMILES string of the molecule is CN(CCCO)S(=O)(=O)NCC1C(C)(C)C1(C)C. The Bertz CT molecular complexity index is 376. The van der Waals surface area contributed by atoms with Crippen LogP contribution in [0.3, 0.4) is 0 Å². The van der Waals surface area contributed by atoms with Crippen LogP contribution in [0.2, 0.25) is 0 Å². The molecule has 6 heteroatoms. The first-order valence-electron chi connectivity index (χ1n) is 6.39. The quantitative estimate of drug-likeness (QED) is 0.724. The highest BCUT2D eigenvalue weighted by Crippen LogP contribution is 2.67. The molecule has 0 bridgehead atoms.